The number of nitrogen functional groups attached to an aromatic ring is 1. The van der Waals surface area contributed by atoms with Crippen LogP contribution in [0.25, 0.3) is 0 Å². The first-order chi connectivity index (χ1) is 7.99. The predicted octanol–water partition coefficient (Wildman–Crippen LogP) is 2.93. The van der Waals surface area contributed by atoms with Crippen molar-refractivity contribution in [3.63, 3.8) is 0 Å². The van der Waals surface area contributed by atoms with Crippen LogP contribution < -0.4 is 10.6 Å². The number of hydrogen-bond donors (Lipinski definition) is 2. The highest BCUT2D eigenvalue weighted by Gasteiger charge is 2.15. The number of anilines is 1. The van der Waals surface area contributed by atoms with Gasteiger partial charge in [0.25, 0.3) is 0 Å². The third-order valence-electron chi connectivity index (χ3n) is 2.73. The molecule has 0 aliphatic carbocycles. The molecule has 0 saturated carbocycles. The molecule has 17 heavy (non-hydrogen) atoms. The van der Waals surface area contributed by atoms with E-state index in [1.54, 1.807) is 11.8 Å². The maximum absolute atomic E-state index is 7.77. The van der Waals surface area contributed by atoms with Crippen molar-refractivity contribution in [2.75, 3.05) is 17.7 Å². The lowest BCUT2D eigenvalue weighted by Crippen LogP contribution is -2.28. The topological polar surface area (TPSA) is 53.1 Å². The van der Waals surface area contributed by atoms with E-state index in [0.717, 1.165) is 21.9 Å². The van der Waals surface area contributed by atoms with E-state index in [2.05, 4.69) is 25.7 Å². The Morgan fingerprint density at radius 3 is 2.59 bits per heavy atom. The Bertz CT molecular complexity index is 402. The highest BCUT2D eigenvalue weighted by molar-refractivity contribution is 7.99. The molecular formula is C13H21N3S. The van der Waals surface area contributed by atoms with Crippen LogP contribution in [0.5, 0.6) is 0 Å². The molecule has 0 fully saturated rings. The summed E-state index contributed by atoms with van der Waals surface area (Å²) >= 11 is 1.73. The minimum absolute atomic E-state index is 0.143. The summed E-state index contributed by atoms with van der Waals surface area (Å²) in [6.45, 7) is 6.36. The van der Waals surface area contributed by atoms with Gasteiger partial charge in [0.05, 0.1) is 5.56 Å². The van der Waals surface area contributed by atoms with Gasteiger partial charge in [-0.1, -0.05) is 13.0 Å². The maximum Gasteiger partial charge on any atom is 0.126 e. The molecule has 0 spiro atoms. The number of nitrogens with zero attached hydrogens (tertiary/aromatic N) is 1. The Balaban J connectivity index is 3.29. The van der Waals surface area contributed by atoms with Crippen molar-refractivity contribution in [1.82, 2.24) is 0 Å². The first-order valence-corrected chi connectivity index (χ1v) is 6.80. The molecule has 1 aromatic rings. The first kappa shape index (κ1) is 13.9. The van der Waals surface area contributed by atoms with Gasteiger partial charge >= 0.3 is 0 Å². The van der Waals surface area contributed by atoms with E-state index in [1.807, 2.05) is 25.2 Å². The predicted molar refractivity (Wildman–Crippen MR) is 77.4 cm³/mol. The standard InChI is InChI=1S/C13H21N3S/c1-5-17-11-8-6-7-10(12(11)13(14)15)16(4)9(2)3/h6-9H,5H2,1-4H3,(H3,14,15). The molecule has 0 heterocycles. The Labute approximate surface area is 108 Å². The quantitative estimate of drug-likeness (QED) is 0.480. The highest BCUT2D eigenvalue weighted by atomic mass is 32.2. The summed E-state index contributed by atoms with van der Waals surface area (Å²) in [4.78, 5) is 3.24. The molecule has 4 heteroatoms. The van der Waals surface area contributed by atoms with Crippen LogP contribution in [0, 0.1) is 5.41 Å². The lowest BCUT2D eigenvalue weighted by atomic mass is 10.1. The molecule has 0 saturated heterocycles. The molecule has 1 rings (SSSR count). The molecule has 0 aliphatic heterocycles. The van der Waals surface area contributed by atoms with Crippen molar-refractivity contribution < 1.29 is 0 Å². The van der Waals surface area contributed by atoms with Crippen LogP contribution in [0.3, 0.4) is 0 Å². The monoisotopic (exact) mass is 251 g/mol. The number of nitrogens with two attached hydrogens (primary N) is 1. The van der Waals surface area contributed by atoms with E-state index in [1.165, 1.54) is 0 Å². The lowest BCUT2D eigenvalue weighted by molar-refractivity contribution is 0.753. The third kappa shape index (κ3) is 3.16. The minimum atomic E-state index is 0.143. The zero-order valence-corrected chi connectivity index (χ0v) is 11.8. The number of hydrogen-bond acceptors (Lipinski definition) is 3. The van der Waals surface area contributed by atoms with Gasteiger partial charge in [0, 0.05) is 23.7 Å². The van der Waals surface area contributed by atoms with Crippen molar-refractivity contribution >= 4 is 23.3 Å². The van der Waals surface area contributed by atoms with Crippen LogP contribution in [-0.4, -0.2) is 24.7 Å². The summed E-state index contributed by atoms with van der Waals surface area (Å²) in [6.07, 6.45) is 0. The van der Waals surface area contributed by atoms with E-state index in [9.17, 15) is 0 Å². The second kappa shape index (κ2) is 5.96. The molecule has 3 nitrogen and oxygen atoms in total. The Kier molecular flexibility index (Phi) is 4.87. The SMILES string of the molecule is CCSc1cccc(N(C)C(C)C)c1C(=N)N. The normalized spacial score (nSPS) is 10.6. The van der Waals surface area contributed by atoms with Gasteiger partial charge in [0.1, 0.15) is 5.84 Å². The molecular weight excluding hydrogens is 230 g/mol. The second-order valence-electron chi connectivity index (χ2n) is 4.20. The molecule has 0 atom stereocenters. The molecule has 0 aliphatic rings. The van der Waals surface area contributed by atoms with Crippen molar-refractivity contribution in [2.24, 2.45) is 5.73 Å². The van der Waals surface area contributed by atoms with Gasteiger partial charge in [-0.3, -0.25) is 5.41 Å². The summed E-state index contributed by atoms with van der Waals surface area (Å²) in [5.74, 6) is 1.12. The minimum Gasteiger partial charge on any atom is -0.384 e. The summed E-state index contributed by atoms with van der Waals surface area (Å²) in [5.41, 5.74) is 7.62. The molecule has 0 aromatic heterocycles. The number of nitrogens with one attached hydrogen (secondary N) is 1. The Morgan fingerprint density at radius 2 is 2.12 bits per heavy atom. The van der Waals surface area contributed by atoms with E-state index in [-0.39, 0.29) is 5.84 Å². The summed E-state index contributed by atoms with van der Waals surface area (Å²) < 4.78 is 0. The van der Waals surface area contributed by atoms with Crippen LogP contribution in [0.1, 0.15) is 26.3 Å². The van der Waals surface area contributed by atoms with Crippen molar-refractivity contribution in [3.05, 3.63) is 23.8 Å². The summed E-state index contributed by atoms with van der Waals surface area (Å²) in [6, 6.07) is 6.47. The van der Waals surface area contributed by atoms with Crippen LogP contribution in [0.15, 0.2) is 23.1 Å². The van der Waals surface area contributed by atoms with Crippen molar-refractivity contribution in [3.8, 4) is 0 Å². The van der Waals surface area contributed by atoms with Crippen molar-refractivity contribution in [2.45, 2.75) is 31.7 Å². The highest BCUT2D eigenvalue weighted by Crippen LogP contribution is 2.30. The molecule has 94 valence electrons. The zero-order valence-electron chi connectivity index (χ0n) is 10.9. The van der Waals surface area contributed by atoms with E-state index < -0.39 is 0 Å². The fourth-order valence-corrected chi connectivity index (χ4v) is 2.48. The van der Waals surface area contributed by atoms with Crippen LogP contribution in [0.4, 0.5) is 5.69 Å². The van der Waals surface area contributed by atoms with E-state index in [4.69, 9.17) is 11.1 Å². The number of amidine groups is 1. The van der Waals surface area contributed by atoms with Gasteiger partial charge in [-0.2, -0.15) is 0 Å². The number of thioether (sulfide) groups is 1. The fraction of sp³-hybridized carbons (Fsp3) is 0.462. The molecule has 0 bridgehead atoms. The Hall–Kier alpha value is -1.16. The van der Waals surface area contributed by atoms with Crippen LogP contribution >= 0.6 is 11.8 Å². The van der Waals surface area contributed by atoms with Gasteiger partial charge in [-0.25, -0.2) is 0 Å². The molecule has 0 amide bonds. The van der Waals surface area contributed by atoms with Gasteiger partial charge in [-0.05, 0) is 31.7 Å². The Morgan fingerprint density at radius 1 is 1.47 bits per heavy atom. The smallest absolute Gasteiger partial charge is 0.126 e. The van der Waals surface area contributed by atoms with E-state index in [0.29, 0.717) is 6.04 Å². The summed E-state index contributed by atoms with van der Waals surface area (Å²) in [7, 11) is 2.03. The van der Waals surface area contributed by atoms with Gasteiger partial charge < -0.3 is 10.6 Å². The first-order valence-electron chi connectivity index (χ1n) is 5.82. The third-order valence-corrected chi connectivity index (χ3v) is 3.67. The van der Waals surface area contributed by atoms with Gasteiger partial charge in [0.2, 0.25) is 0 Å². The van der Waals surface area contributed by atoms with Gasteiger partial charge in [-0.15, -0.1) is 11.8 Å². The van der Waals surface area contributed by atoms with Crippen LogP contribution in [-0.2, 0) is 0 Å². The largest absolute Gasteiger partial charge is 0.384 e. The zero-order chi connectivity index (χ0) is 13.0. The molecule has 0 unspecified atom stereocenters. The molecule has 3 N–H and O–H groups in total. The maximum atomic E-state index is 7.77. The number of benzene rings is 1. The average molecular weight is 251 g/mol. The average Bonchev–Trinajstić information content (AvgIpc) is 2.27. The number of rotatable bonds is 5. The molecule has 1 aromatic carbocycles. The molecule has 0 radical (unpaired) electrons. The fourth-order valence-electron chi connectivity index (χ4n) is 1.64. The van der Waals surface area contributed by atoms with Crippen LogP contribution in [0.2, 0.25) is 0 Å². The second-order valence-corrected chi connectivity index (χ2v) is 5.51. The lowest BCUT2D eigenvalue weighted by Gasteiger charge is -2.27. The van der Waals surface area contributed by atoms with Gasteiger partial charge in [0.15, 0.2) is 0 Å². The van der Waals surface area contributed by atoms with Crippen molar-refractivity contribution in [1.29, 1.82) is 5.41 Å². The van der Waals surface area contributed by atoms with E-state index >= 15 is 0 Å². The summed E-state index contributed by atoms with van der Waals surface area (Å²) in [5, 5.41) is 7.77.